The van der Waals surface area contributed by atoms with Crippen LogP contribution >= 0.6 is 0 Å². The van der Waals surface area contributed by atoms with Gasteiger partial charge in [-0.05, 0) is 36.8 Å². The molecule has 0 saturated carbocycles. The van der Waals surface area contributed by atoms with E-state index in [-0.39, 0.29) is 5.97 Å². The van der Waals surface area contributed by atoms with E-state index >= 15 is 0 Å². The van der Waals surface area contributed by atoms with Gasteiger partial charge in [-0.1, -0.05) is 42.5 Å². The molecule has 1 aromatic heterocycles. The van der Waals surface area contributed by atoms with Gasteiger partial charge in [0.05, 0.1) is 11.2 Å². The Hall–Kier alpha value is -2.94. The van der Waals surface area contributed by atoms with Crippen LogP contribution in [0.2, 0.25) is 0 Å². The number of hydrogen-bond donors (Lipinski definition) is 0. The molecule has 0 radical (unpaired) electrons. The Bertz CT molecular complexity index is 897. The molecule has 23 heavy (non-hydrogen) atoms. The summed E-state index contributed by atoms with van der Waals surface area (Å²) in [4.78, 5) is 15.9. The number of fused-ring (bicyclic) bond motifs is 1. The maximum atomic E-state index is 11.2. The van der Waals surface area contributed by atoms with Gasteiger partial charge < -0.3 is 4.74 Å². The summed E-state index contributed by atoms with van der Waals surface area (Å²) in [5.74, 6) is 0.229. The Morgan fingerprint density at radius 2 is 1.70 bits per heavy atom. The molecule has 3 aromatic rings. The van der Waals surface area contributed by atoms with Crippen molar-refractivity contribution in [2.75, 3.05) is 0 Å². The summed E-state index contributed by atoms with van der Waals surface area (Å²) >= 11 is 0. The van der Waals surface area contributed by atoms with E-state index in [9.17, 15) is 4.79 Å². The van der Waals surface area contributed by atoms with Gasteiger partial charge in [-0.15, -0.1) is 0 Å². The molecule has 0 saturated heterocycles. The summed E-state index contributed by atoms with van der Waals surface area (Å²) in [5, 5.41) is 1.12. The van der Waals surface area contributed by atoms with Crippen LogP contribution in [0.25, 0.3) is 22.6 Å². The molecular formula is C20H17NO2. The van der Waals surface area contributed by atoms with Crippen LogP contribution in [-0.4, -0.2) is 11.0 Å². The van der Waals surface area contributed by atoms with Crippen molar-refractivity contribution in [3.05, 3.63) is 71.9 Å². The van der Waals surface area contributed by atoms with E-state index in [1.54, 1.807) is 6.07 Å². The molecule has 0 N–H and O–H groups in total. The molecule has 114 valence electrons. The smallest absolute Gasteiger partial charge is 0.308 e. The molecule has 0 fully saturated rings. The molecule has 0 aliphatic rings. The number of esters is 1. The summed E-state index contributed by atoms with van der Waals surface area (Å²) in [6, 6.07) is 19.6. The zero-order valence-corrected chi connectivity index (χ0v) is 13.1. The number of carbonyl (C=O) groups excluding carboxylic acids is 1. The number of rotatable bonds is 3. The first-order chi connectivity index (χ1) is 11.1. The summed E-state index contributed by atoms with van der Waals surface area (Å²) < 4.78 is 5.25. The number of benzene rings is 2. The number of ether oxygens (including phenoxy) is 1. The topological polar surface area (TPSA) is 39.2 Å². The van der Waals surface area contributed by atoms with Gasteiger partial charge in [-0.25, -0.2) is 4.98 Å². The highest BCUT2D eigenvalue weighted by atomic mass is 16.5. The molecule has 0 bridgehead atoms. The van der Waals surface area contributed by atoms with Crippen molar-refractivity contribution < 1.29 is 9.53 Å². The van der Waals surface area contributed by atoms with Gasteiger partial charge in [0.1, 0.15) is 5.75 Å². The lowest BCUT2D eigenvalue weighted by molar-refractivity contribution is -0.131. The SMILES string of the molecule is CC(=O)Oc1ccccc1/C=C(\C)c1ccc2ccccc2n1. The third kappa shape index (κ3) is 3.46. The van der Waals surface area contributed by atoms with E-state index < -0.39 is 0 Å². The normalized spacial score (nSPS) is 11.5. The minimum atomic E-state index is -0.327. The first kappa shape index (κ1) is 15.0. The number of allylic oxidation sites excluding steroid dienone is 1. The van der Waals surface area contributed by atoms with Crippen molar-refractivity contribution >= 4 is 28.5 Å². The average Bonchev–Trinajstić information content (AvgIpc) is 2.55. The predicted molar refractivity (Wildman–Crippen MR) is 93.0 cm³/mol. The minimum absolute atomic E-state index is 0.327. The Kier molecular flexibility index (Phi) is 4.20. The first-order valence-electron chi connectivity index (χ1n) is 7.45. The summed E-state index contributed by atoms with van der Waals surface area (Å²) in [6.07, 6.45) is 1.98. The summed E-state index contributed by atoms with van der Waals surface area (Å²) in [5.41, 5.74) is 3.73. The molecule has 0 unspecified atom stereocenters. The maximum Gasteiger partial charge on any atom is 0.308 e. The fourth-order valence-electron chi connectivity index (χ4n) is 2.44. The predicted octanol–water partition coefficient (Wildman–Crippen LogP) is 4.72. The Morgan fingerprint density at radius 3 is 2.52 bits per heavy atom. The lowest BCUT2D eigenvalue weighted by atomic mass is 10.1. The van der Waals surface area contributed by atoms with E-state index in [0.717, 1.165) is 27.7 Å². The molecule has 0 aliphatic heterocycles. The molecular weight excluding hydrogens is 286 g/mol. The second kappa shape index (κ2) is 6.44. The lowest BCUT2D eigenvalue weighted by Gasteiger charge is -2.07. The molecule has 2 aromatic carbocycles. The molecule has 0 aliphatic carbocycles. The molecule has 0 amide bonds. The second-order valence-electron chi connectivity index (χ2n) is 5.35. The van der Waals surface area contributed by atoms with Crippen LogP contribution in [-0.2, 0) is 4.79 Å². The monoisotopic (exact) mass is 303 g/mol. The van der Waals surface area contributed by atoms with Gasteiger partial charge in [0.15, 0.2) is 0 Å². The fourth-order valence-corrected chi connectivity index (χ4v) is 2.44. The van der Waals surface area contributed by atoms with Gasteiger partial charge >= 0.3 is 5.97 Å². The van der Waals surface area contributed by atoms with Crippen LogP contribution in [0.15, 0.2) is 60.7 Å². The molecule has 3 heteroatoms. The van der Waals surface area contributed by atoms with Crippen LogP contribution in [0.4, 0.5) is 0 Å². The highest BCUT2D eigenvalue weighted by Gasteiger charge is 2.05. The molecule has 0 spiro atoms. The first-order valence-corrected chi connectivity index (χ1v) is 7.45. The molecule has 3 rings (SSSR count). The van der Waals surface area contributed by atoms with Crippen LogP contribution < -0.4 is 4.74 Å². The quantitative estimate of drug-likeness (QED) is 0.519. The number of pyridine rings is 1. The highest BCUT2D eigenvalue weighted by Crippen LogP contribution is 2.25. The van der Waals surface area contributed by atoms with Crippen molar-refractivity contribution in [2.45, 2.75) is 13.8 Å². The zero-order chi connectivity index (χ0) is 16.2. The van der Waals surface area contributed by atoms with Gasteiger partial charge in [0.25, 0.3) is 0 Å². The molecule has 1 heterocycles. The number of aromatic nitrogens is 1. The van der Waals surface area contributed by atoms with Crippen molar-refractivity contribution in [1.29, 1.82) is 0 Å². The van der Waals surface area contributed by atoms with Gasteiger partial charge in [-0.2, -0.15) is 0 Å². The second-order valence-corrected chi connectivity index (χ2v) is 5.35. The van der Waals surface area contributed by atoms with E-state index in [4.69, 9.17) is 4.74 Å². The summed E-state index contributed by atoms with van der Waals surface area (Å²) in [7, 11) is 0. The standard InChI is InChI=1S/C20H17NO2/c1-14(13-17-8-4-6-10-20(17)23-15(2)22)18-12-11-16-7-3-5-9-19(16)21-18/h3-13H,1-2H3/b14-13+. The van der Waals surface area contributed by atoms with Gasteiger partial charge in [0, 0.05) is 17.9 Å². The van der Waals surface area contributed by atoms with Crippen molar-refractivity contribution in [1.82, 2.24) is 4.98 Å². The van der Waals surface area contributed by atoms with Gasteiger partial charge in [0.2, 0.25) is 0 Å². The zero-order valence-electron chi connectivity index (χ0n) is 13.1. The minimum Gasteiger partial charge on any atom is -0.426 e. The average molecular weight is 303 g/mol. The van der Waals surface area contributed by atoms with Crippen LogP contribution in [0.5, 0.6) is 5.75 Å². The molecule has 3 nitrogen and oxygen atoms in total. The highest BCUT2D eigenvalue weighted by molar-refractivity contribution is 5.85. The third-order valence-electron chi connectivity index (χ3n) is 3.55. The fraction of sp³-hybridized carbons (Fsp3) is 0.100. The largest absolute Gasteiger partial charge is 0.426 e. The number of para-hydroxylation sites is 2. The van der Waals surface area contributed by atoms with Crippen LogP contribution in [0.3, 0.4) is 0 Å². The van der Waals surface area contributed by atoms with Crippen molar-refractivity contribution in [3.63, 3.8) is 0 Å². The Labute approximate surface area is 135 Å². The molecule has 0 atom stereocenters. The lowest BCUT2D eigenvalue weighted by Crippen LogP contribution is -2.02. The number of nitrogens with zero attached hydrogens (tertiary/aromatic N) is 1. The third-order valence-corrected chi connectivity index (χ3v) is 3.55. The van der Waals surface area contributed by atoms with Crippen molar-refractivity contribution in [2.24, 2.45) is 0 Å². The Balaban J connectivity index is 1.99. The number of carbonyl (C=O) groups is 1. The Morgan fingerprint density at radius 1 is 0.957 bits per heavy atom. The van der Waals surface area contributed by atoms with Gasteiger partial charge in [-0.3, -0.25) is 4.79 Å². The van der Waals surface area contributed by atoms with Crippen LogP contribution in [0.1, 0.15) is 25.1 Å². The van der Waals surface area contributed by atoms with E-state index in [0.29, 0.717) is 5.75 Å². The van der Waals surface area contributed by atoms with Crippen molar-refractivity contribution in [3.8, 4) is 5.75 Å². The maximum absolute atomic E-state index is 11.2. The van der Waals surface area contributed by atoms with E-state index in [2.05, 4.69) is 11.1 Å². The van der Waals surface area contributed by atoms with Crippen LogP contribution in [0, 0.1) is 0 Å². The van der Waals surface area contributed by atoms with E-state index in [1.807, 2.05) is 61.5 Å². The number of hydrogen-bond acceptors (Lipinski definition) is 3. The summed E-state index contributed by atoms with van der Waals surface area (Å²) in [6.45, 7) is 3.40. The van der Waals surface area contributed by atoms with E-state index in [1.165, 1.54) is 6.92 Å².